The van der Waals surface area contributed by atoms with Crippen LogP contribution in [-0.4, -0.2) is 11.1 Å². The fourth-order valence-corrected chi connectivity index (χ4v) is 2.11. The lowest BCUT2D eigenvalue weighted by atomic mass is 10.1. The zero-order valence-corrected chi connectivity index (χ0v) is 12.1. The van der Waals surface area contributed by atoms with Gasteiger partial charge < -0.3 is 10.4 Å². The Kier molecular flexibility index (Phi) is 4.22. The van der Waals surface area contributed by atoms with Crippen molar-refractivity contribution in [3.8, 4) is 0 Å². The Bertz CT molecular complexity index is 594. The Morgan fingerprint density at radius 3 is 2.53 bits per heavy atom. The summed E-state index contributed by atoms with van der Waals surface area (Å²) in [6.45, 7) is 2.63. The molecule has 2 rings (SSSR count). The normalized spacial score (nSPS) is 10.2. The van der Waals surface area contributed by atoms with Crippen LogP contribution >= 0.6 is 15.9 Å². The maximum absolute atomic E-state index is 11.1. The van der Waals surface area contributed by atoms with Crippen LogP contribution in [0.4, 0.5) is 5.69 Å². The lowest BCUT2D eigenvalue weighted by molar-refractivity contribution is 0.0698. The molecule has 0 radical (unpaired) electrons. The van der Waals surface area contributed by atoms with Gasteiger partial charge in [-0.25, -0.2) is 4.79 Å². The molecule has 0 bridgehead atoms. The summed E-state index contributed by atoms with van der Waals surface area (Å²) in [5.74, 6) is -0.932. The Labute approximate surface area is 120 Å². The summed E-state index contributed by atoms with van der Waals surface area (Å²) in [7, 11) is 0. The third kappa shape index (κ3) is 3.58. The van der Waals surface area contributed by atoms with E-state index in [0.717, 1.165) is 10.0 Å². The Hall–Kier alpha value is -1.81. The van der Waals surface area contributed by atoms with Crippen LogP contribution in [0.1, 0.15) is 21.5 Å². The van der Waals surface area contributed by atoms with Crippen LogP contribution in [0.3, 0.4) is 0 Å². The van der Waals surface area contributed by atoms with Gasteiger partial charge in [0.25, 0.3) is 0 Å². The first-order valence-electron chi connectivity index (χ1n) is 5.88. The maximum Gasteiger partial charge on any atom is 0.337 e. The summed E-state index contributed by atoms with van der Waals surface area (Å²) in [6.07, 6.45) is 0. The summed E-state index contributed by atoms with van der Waals surface area (Å²) in [6, 6.07) is 13.2. The number of benzene rings is 2. The standard InChI is InChI=1S/C15H14BrNO2/c1-10-2-4-11(5-3-10)9-17-14-8-12(16)6-7-13(14)15(18)19/h2-8,17H,9H2,1H3,(H,18,19). The van der Waals surface area contributed by atoms with Gasteiger partial charge in [0, 0.05) is 11.0 Å². The molecule has 0 aliphatic carbocycles. The summed E-state index contributed by atoms with van der Waals surface area (Å²) < 4.78 is 0.851. The van der Waals surface area contributed by atoms with Crippen molar-refractivity contribution in [1.29, 1.82) is 0 Å². The first kappa shape index (κ1) is 13.6. The summed E-state index contributed by atoms with van der Waals surface area (Å²) in [4.78, 5) is 11.1. The second-order valence-electron chi connectivity index (χ2n) is 4.33. The molecule has 3 nitrogen and oxygen atoms in total. The van der Waals surface area contributed by atoms with Gasteiger partial charge in [-0.1, -0.05) is 45.8 Å². The number of aryl methyl sites for hydroxylation is 1. The minimum atomic E-state index is -0.932. The molecule has 0 saturated heterocycles. The van der Waals surface area contributed by atoms with Gasteiger partial charge in [-0.3, -0.25) is 0 Å². The highest BCUT2D eigenvalue weighted by Gasteiger charge is 2.09. The molecule has 0 spiro atoms. The van der Waals surface area contributed by atoms with Crippen molar-refractivity contribution in [2.75, 3.05) is 5.32 Å². The molecule has 0 heterocycles. The van der Waals surface area contributed by atoms with Crippen molar-refractivity contribution in [3.63, 3.8) is 0 Å². The van der Waals surface area contributed by atoms with E-state index < -0.39 is 5.97 Å². The minimum absolute atomic E-state index is 0.273. The van der Waals surface area contributed by atoms with Crippen molar-refractivity contribution < 1.29 is 9.90 Å². The van der Waals surface area contributed by atoms with E-state index >= 15 is 0 Å². The number of rotatable bonds is 4. The van der Waals surface area contributed by atoms with Crippen LogP contribution in [0.2, 0.25) is 0 Å². The fraction of sp³-hybridized carbons (Fsp3) is 0.133. The Balaban J connectivity index is 2.16. The second-order valence-corrected chi connectivity index (χ2v) is 5.25. The van der Waals surface area contributed by atoms with E-state index in [4.69, 9.17) is 5.11 Å². The van der Waals surface area contributed by atoms with Gasteiger partial charge in [0.05, 0.1) is 11.3 Å². The monoisotopic (exact) mass is 319 g/mol. The van der Waals surface area contributed by atoms with E-state index in [1.165, 1.54) is 5.56 Å². The molecule has 0 aliphatic rings. The highest BCUT2D eigenvalue weighted by molar-refractivity contribution is 9.10. The van der Waals surface area contributed by atoms with Gasteiger partial charge in [0.15, 0.2) is 0 Å². The van der Waals surface area contributed by atoms with Gasteiger partial charge in [-0.05, 0) is 30.7 Å². The maximum atomic E-state index is 11.1. The number of nitrogens with one attached hydrogen (secondary N) is 1. The molecule has 98 valence electrons. The number of aromatic carboxylic acids is 1. The molecular formula is C15H14BrNO2. The predicted molar refractivity (Wildman–Crippen MR) is 79.6 cm³/mol. The number of anilines is 1. The molecular weight excluding hydrogens is 306 g/mol. The molecule has 19 heavy (non-hydrogen) atoms. The van der Waals surface area contributed by atoms with Crippen molar-refractivity contribution in [2.45, 2.75) is 13.5 Å². The summed E-state index contributed by atoms with van der Waals surface area (Å²) >= 11 is 3.35. The quantitative estimate of drug-likeness (QED) is 0.893. The first-order valence-corrected chi connectivity index (χ1v) is 6.68. The zero-order chi connectivity index (χ0) is 13.8. The SMILES string of the molecule is Cc1ccc(CNc2cc(Br)ccc2C(=O)O)cc1. The molecule has 2 aromatic carbocycles. The molecule has 0 atom stereocenters. The molecule has 2 N–H and O–H groups in total. The van der Waals surface area contributed by atoms with E-state index in [2.05, 4.69) is 21.2 Å². The molecule has 0 unspecified atom stereocenters. The van der Waals surface area contributed by atoms with Gasteiger partial charge >= 0.3 is 5.97 Å². The van der Waals surface area contributed by atoms with Crippen molar-refractivity contribution >= 4 is 27.6 Å². The van der Waals surface area contributed by atoms with E-state index in [1.807, 2.05) is 31.2 Å². The van der Waals surface area contributed by atoms with Crippen LogP contribution < -0.4 is 5.32 Å². The highest BCUT2D eigenvalue weighted by atomic mass is 79.9. The molecule has 4 heteroatoms. The van der Waals surface area contributed by atoms with Gasteiger partial charge in [0.2, 0.25) is 0 Å². The second kappa shape index (κ2) is 5.89. The molecule has 2 aromatic rings. The summed E-state index contributed by atoms with van der Waals surface area (Å²) in [5.41, 5.74) is 3.21. The molecule has 0 amide bonds. The van der Waals surface area contributed by atoms with Gasteiger partial charge in [-0.2, -0.15) is 0 Å². The minimum Gasteiger partial charge on any atom is -0.478 e. The van der Waals surface area contributed by atoms with Crippen molar-refractivity contribution in [2.24, 2.45) is 0 Å². The van der Waals surface area contributed by atoms with Crippen LogP contribution in [0.5, 0.6) is 0 Å². The lowest BCUT2D eigenvalue weighted by Gasteiger charge is -2.10. The van der Waals surface area contributed by atoms with E-state index in [1.54, 1.807) is 18.2 Å². The third-order valence-electron chi connectivity index (χ3n) is 2.82. The fourth-order valence-electron chi connectivity index (χ4n) is 1.75. The lowest BCUT2D eigenvalue weighted by Crippen LogP contribution is -2.06. The number of carboxylic acid groups (broad SMARTS) is 1. The topological polar surface area (TPSA) is 49.3 Å². The summed E-state index contributed by atoms with van der Waals surface area (Å²) in [5, 5.41) is 12.3. The zero-order valence-electron chi connectivity index (χ0n) is 10.5. The van der Waals surface area contributed by atoms with E-state index in [9.17, 15) is 4.79 Å². The Morgan fingerprint density at radius 1 is 1.21 bits per heavy atom. The van der Waals surface area contributed by atoms with Crippen LogP contribution in [-0.2, 0) is 6.54 Å². The molecule has 0 saturated carbocycles. The number of halogens is 1. The van der Waals surface area contributed by atoms with Crippen LogP contribution in [0.15, 0.2) is 46.9 Å². The molecule has 0 aromatic heterocycles. The Morgan fingerprint density at radius 2 is 1.89 bits per heavy atom. The van der Waals surface area contributed by atoms with Crippen LogP contribution in [0, 0.1) is 6.92 Å². The molecule has 0 aliphatic heterocycles. The smallest absolute Gasteiger partial charge is 0.337 e. The van der Waals surface area contributed by atoms with Crippen molar-refractivity contribution in [1.82, 2.24) is 0 Å². The average Bonchev–Trinajstić information content (AvgIpc) is 2.38. The van der Waals surface area contributed by atoms with Gasteiger partial charge in [0.1, 0.15) is 0 Å². The number of carboxylic acids is 1. The number of carbonyl (C=O) groups is 1. The number of hydrogen-bond acceptors (Lipinski definition) is 2. The van der Waals surface area contributed by atoms with E-state index in [-0.39, 0.29) is 5.56 Å². The highest BCUT2D eigenvalue weighted by Crippen LogP contribution is 2.22. The number of hydrogen-bond donors (Lipinski definition) is 2. The van der Waals surface area contributed by atoms with E-state index in [0.29, 0.717) is 12.2 Å². The first-order chi connectivity index (χ1) is 9.06. The largest absolute Gasteiger partial charge is 0.478 e. The molecule has 0 fully saturated rings. The predicted octanol–water partition coefficient (Wildman–Crippen LogP) is 4.07. The third-order valence-corrected chi connectivity index (χ3v) is 3.31. The van der Waals surface area contributed by atoms with Crippen LogP contribution in [0.25, 0.3) is 0 Å². The van der Waals surface area contributed by atoms with Crippen molar-refractivity contribution in [3.05, 3.63) is 63.6 Å². The van der Waals surface area contributed by atoms with Gasteiger partial charge in [-0.15, -0.1) is 0 Å². The average molecular weight is 320 g/mol.